The van der Waals surface area contributed by atoms with Crippen LogP contribution in [0.1, 0.15) is 0 Å². The largest absolute Gasteiger partial charge is 0.456 e. The maximum atomic E-state index is 15.7. The molecule has 8 aromatic rings. The molecule has 44 heavy (non-hydrogen) atoms. The Morgan fingerprint density at radius 3 is 1.68 bits per heavy atom. The number of hydrogen-bond acceptors (Lipinski definition) is 3. The molecule has 3 nitrogen and oxygen atoms in total. The third-order valence-electron chi connectivity index (χ3n) is 9.26. The Balaban J connectivity index is 1.25. The minimum Gasteiger partial charge on any atom is -0.456 e. The summed E-state index contributed by atoms with van der Waals surface area (Å²) in [5, 5.41) is 11.4. The Kier molecular flexibility index (Phi) is 4.71. The van der Waals surface area contributed by atoms with E-state index in [0.29, 0.717) is 33.6 Å². The predicted octanol–water partition coefficient (Wildman–Crippen LogP) is 9.82. The highest BCUT2D eigenvalue weighted by molar-refractivity contribution is 7.86. The van der Waals surface area contributed by atoms with Crippen LogP contribution in [0.4, 0.5) is 0 Å². The van der Waals surface area contributed by atoms with Gasteiger partial charge in [0.1, 0.15) is 28.3 Å². The molecule has 2 heterocycles. The van der Waals surface area contributed by atoms with Crippen LogP contribution in [-0.2, 0) is 4.57 Å². The number of ether oxygens (including phenoxy) is 2. The highest BCUT2D eigenvalue weighted by Gasteiger charge is 2.47. The van der Waals surface area contributed by atoms with E-state index in [4.69, 9.17) is 9.47 Å². The van der Waals surface area contributed by atoms with E-state index in [0.717, 1.165) is 27.2 Å². The zero-order valence-corrected chi connectivity index (χ0v) is 24.3. The van der Waals surface area contributed by atoms with Crippen LogP contribution in [0.5, 0.6) is 23.0 Å². The lowest BCUT2D eigenvalue weighted by molar-refractivity contribution is 0.462. The van der Waals surface area contributed by atoms with Crippen molar-refractivity contribution in [2.75, 3.05) is 0 Å². The van der Waals surface area contributed by atoms with E-state index in [1.54, 1.807) is 0 Å². The third-order valence-corrected chi connectivity index (χ3v) is 12.5. The van der Waals surface area contributed by atoms with Gasteiger partial charge in [0.25, 0.3) is 0 Å². The molecule has 0 aromatic heterocycles. The van der Waals surface area contributed by atoms with Gasteiger partial charge in [0.15, 0.2) is 7.14 Å². The molecule has 10 rings (SSSR count). The van der Waals surface area contributed by atoms with Crippen LogP contribution in [0.15, 0.2) is 140 Å². The summed E-state index contributed by atoms with van der Waals surface area (Å²) in [6, 6.07) is 47.7. The molecule has 8 aromatic carbocycles. The summed E-state index contributed by atoms with van der Waals surface area (Å²) in [5.74, 6) is 2.43. The van der Waals surface area contributed by atoms with Crippen molar-refractivity contribution in [2.24, 2.45) is 0 Å². The Morgan fingerprint density at radius 1 is 0.386 bits per heavy atom. The van der Waals surface area contributed by atoms with Crippen LogP contribution >= 0.6 is 7.14 Å². The molecule has 2 aliphatic rings. The molecule has 0 saturated carbocycles. The summed E-state index contributed by atoms with van der Waals surface area (Å²) in [5.41, 5.74) is 2.00. The van der Waals surface area contributed by atoms with Gasteiger partial charge in [0, 0.05) is 0 Å². The molecule has 0 amide bonds. The van der Waals surface area contributed by atoms with Crippen LogP contribution in [-0.4, -0.2) is 0 Å². The minimum atomic E-state index is -3.32. The van der Waals surface area contributed by atoms with Crippen molar-refractivity contribution in [3.05, 3.63) is 140 Å². The first-order valence-electron chi connectivity index (χ1n) is 14.8. The van der Waals surface area contributed by atoms with Gasteiger partial charge in [-0.25, -0.2) is 0 Å². The Labute approximate surface area is 253 Å². The third kappa shape index (κ3) is 3.09. The van der Waals surface area contributed by atoms with Crippen LogP contribution in [0.25, 0.3) is 54.2 Å². The summed E-state index contributed by atoms with van der Waals surface area (Å²) in [7, 11) is -3.32. The van der Waals surface area contributed by atoms with Gasteiger partial charge in [-0.1, -0.05) is 103 Å². The summed E-state index contributed by atoms with van der Waals surface area (Å²) >= 11 is 0. The first-order chi connectivity index (χ1) is 21.7. The lowest BCUT2D eigenvalue weighted by Crippen LogP contribution is -2.35. The SMILES string of the molecule is O=P12c3ccccc3Oc3cc(-c4ccc5c6ccccc6c6ccccc6c5c4)cc(c31)Oc1ccc3ccccc3c12. The fourth-order valence-electron chi connectivity index (χ4n) is 7.34. The zero-order chi connectivity index (χ0) is 29.0. The molecule has 1 atom stereocenters. The van der Waals surface area contributed by atoms with Crippen molar-refractivity contribution in [1.29, 1.82) is 0 Å². The second-order valence-corrected chi connectivity index (χ2v) is 14.2. The van der Waals surface area contributed by atoms with Gasteiger partial charge >= 0.3 is 0 Å². The highest BCUT2D eigenvalue weighted by atomic mass is 31.2. The smallest absolute Gasteiger partial charge is 0.186 e. The van der Waals surface area contributed by atoms with E-state index in [9.17, 15) is 0 Å². The molecule has 0 N–H and O–H groups in total. The van der Waals surface area contributed by atoms with Crippen molar-refractivity contribution in [2.45, 2.75) is 0 Å². The number of rotatable bonds is 1. The number of para-hydroxylation sites is 1. The summed E-state index contributed by atoms with van der Waals surface area (Å²) in [6.07, 6.45) is 0. The van der Waals surface area contributed by atoms with Gasteiger partial charge < -0.3 is 14.0 Å². The fraction of sp³-hybridized carbons (Fsp3) is 0. The van der Waals surface area contributed by atoms with Gasteiger partial charge in [-0.05, 0) is 90.6 Å². The molecule has 2 aliphatic heterocycles. The van der Waals surface area contributed by atoms with E-state index >= 15 is 4.57 Å². The molecule has 0 aliphatic carbocycles. The van der Waals surface area contributed by atoms with Crippen LogP contribution in [0.3, 0.4) is 0 Å². The molecule has 0 fully saturated rings. The lowest BCUT2D eigenvalue weighted by atomic mass is 9.92. The number of benzene rings is 8. The second-order valence-electron chi connectivity index (χ2n) is 11.6. The molecule has 0 saturated heterocycles. The highest BCUT2D eigenvalue weighted by Crippen LogP contribution is 2.60. The van der Waals surface area contributed by atoms with E-state index in [1.165, 1.54) is 32.3 Å². The lowest BCUT2D eigenvalue weighted by Gasteiger charge is -2.35. The molecule has 0 spiro atoms. The Hall–Kier alpha value is -5.37. The van der Waals surface area contributed by atoms with Crippen molar-refractivity contribution in [1.82, 2.24) is 0 Å². The van der Waals surface area contributed by atoms with Crippen molar-refractivity contribution < 1.29 is 14.0 Å². The van der Waals surface area contributed by atoms with E-state index in [-0.39, 0.29) is 0 Å². The summed E-state index contributed by atoms with van der Waals surface area (Å²) in [4.78, 5) is 0. The maximum Gasteiger partial charge on any atom is 0.186 e. The topological polar surface area (TPSA) is 35.5 Å². The summed E-state index contributed by atoms with van der Waals surface area (Å²) in [6.45, 7) is 0. The van der Waals surface area contributed by atoms with E-state index in [1.807, 2.05) is 66.7 Å². The van der Waals surface area contributed by atoms with Crippen molar-refractivity contribution in [3.63, 3.8) is 0 Å². The molecular weight excluding hydrogens is 559 g/mol. The van der Waals surface area contributed by atoms with Crippen LogP contribution in [0.2, 0.25) is 0 Å². The normalized spacial score (nSPS) is 16.3. The predicted molar refractivity (Wildman–Crippen MR) is 181 cm³/mol. The van der Waals surface area contributed by atoms with Crippen molar-refractivity contribution in [3.8, 4) is 34.1 Å². The number of fused-ring (bicyclic) bond motifs is 12. The van der Waals surface area contributed by atoms with Gasteiger partial charge in [-0.15, -0.1) is 0 Å². The molecule has 4 heteroatoms. The standard InChI is InChI=1S/C40H23O3P/c41-44-38-16-8-7-15-34(38)42-36-22-26(23-37(40(36)44)43-35-20-18-24-9-1-2-10-27(24)39(35)44)25-17-19-32-30-13-4-3-11-28(30)29-12-5-6-14-31(29)33(32)21-25/h1-23H. The maximum absolute atomic E-state index is 15.7. The second kappa shape index (κ2) is 8.60. The number of hydrogen-bond donors (Lipinski definition) is 0. The first kappa shape index (κ1) is 24.1. The molecule has 206 valence electrons. The minimum absolute atomic E-state index is 0.585. The molecule has 0 bridgehead atoms. The fourth-order valence-corrected chi connectivity index (χ4v) is 10.6. The zero-order valence-electron chi connectivity index (χ0n) is 23.5. The van der Waals surface area contributed by atoms with Crippen molar-refractivity contribution >= 4 is 66.1 Å². The van der Waals surface area contributed by atoms with E-state index in [2.05, 4.69) is 72.8 Å². The van der Waals surface area contributed by atoms with Gasteiger partial charge in [0.2, 0.25) is 0 Å². The summed E-state index contributed by atoms with van der Waals surface area (Å²) < 4.78 is 28.9. The quantitative estimate of drug-likeness (QED) is 0.143. The Morgan fingerprint density at radius 2 is 0.955 bits per heavy atom. The Bertz CT molecular complexity index is 2550. The molecule has 1 unspecified atom stereocenters. The van der Waals surface area contributed by atoms with E-state index < -0.39 is 7.14 Å². The van der Waals surface area contributed by atoms with Gasteiger partial charge in [0.05, 0.1) is 10.6 Å². The molecular formula is C40H23O3P. The average Bonchev–Trinajstić information content (AvgIpc) is 3.08. The monoisotopic (exact) mass is 582 g/mol. The van der Waals surface area contributed by atoms with Gasteiger partial charge in [-0.2, -0.15) is 0 Å². The average molecular weight is 583 g/mol. The van der Waals surface area contributed by atoms with Crippen LogP contribution < -0.4 is 25.4 Å². The van der Waals surface area contributed by atoms with Crippen LogP contribution in [0, 0.1) is 0 Å². The molecule has 0 radical (unpaired) electrons. The van der Waals surface area contributed by atoms with Gasteiger partial charge in [-0.3, -0.25) is 0 Å². The first-order valence-corrected chi connectivity index (χ1v) is 16.5.